The van der Waals surface area contributed by atoms with Crippen molar-refractivity contribution in [3.63, 3.8) is 0 Å². The zero-order chi connectivity index (χ0) is 15.8. The summed E-state index contributed by atoms with van der Waals surface area (Å²) in [5.74, 6) is -1.64. The van der Waals surface area contributed by atoms with Gasteiger partial charge in [0.1, 0.15) is 17.3 Å². The quantitative estimate of drug-likeness (QED) is 0.858. The van der Waals surface area contributed by atoms with E-state index >= 15 is 0 Å². The van der Waals surface area contributed by atoms with E-state index in [9.17, 15) is 21.6 Å². The minimum absolute atomic E-state index is 0.0184. The highest BCUT2D eigenvalue weighted by Gasteiger charge is 2.44. The van der Waals surface area contributed by atoms with Crippen molar-refractivity contribution in [1.29, 1.82) is 0 Å². The second kappa shape index (κ2) is 5.90. The van der Waals surface area contributed by atoms with Crippen LogP contribution in [0.5, 0.6) is 0 Å². The Morgan fingerprint density at radius 3 is 2.67 bits per heavy atom. The van der Waals surface area contributed by atoms with E-state index in [2.05, 4.69) is 15.9 Å². The summed E-state index contributed by atoms with van der Waals surface area (Å²) in [5, 5.41) is 8.93. The van der Waals surface area contributed by atoms with Crippen LogP contribution in [0.4, 0.5) is 13.2 Å². The molecule has 1 aliphatic heterocycles. The van der Waals surface area contributed by atoms with Crippen LogP contribution < -0.4 is 0 Å². The molecule has 1 fully saturated rings. The highest BCUT2D eigenvalue weighted by molar-refractivity contribution is 9.10. The van der Waals surface area contributed by atoms with Crippen molar-refractivity contribution in [3.8, 4) is 0 Å². The lowest BCUT2D eigenvalue weighted by molar-refractivity contribution is -0.182. The van der Waals surface area contributed by atoms with Gasteiger partial charge in [0.2, 0.25) is 10.0 Å². The van der Waals surface area contributed by atoms with Crippen LogP contribution in [0, 0.1) is 5.92 Å². The van der Waals surface area contributed by atoms with Crippen molar-refractivity contribution < 1.29 is 31.1 Å². The van der Waals surface area contributed by atoms with Gasteiger partial charge in [-0.2, -0.15) is 17.5 Å². The van der Waals surface area contributed by atoms with Crippen LogP contribution in [-0.2, 0) is 16.6 Å². The summed E-state index contributed by atoms with van der Waals surface area (Å²) in [6.45, 7) is -1.07. The van der Waals surface area contributed by atoms with Gasteiger partial charge in [-0.25, -0.2) is 8.42 Å². The minimum atomic E-state index is -4.42. The molecule has 0 aromatic carbocycles. The molecule has 0 spiro atoms. The molecule has 2 heterocycles. The van der Waals surface area contributed by atoms with E-state index < -0.39 is 35.3 Å². The lowest BCUT2D eigenvalue weighted by atomic mass is 9.99. The van der Waals surface area contributed by atoms with Crippen LogP contribution in [0.15, 0.2) is 20.0 Å². The molecule has 5 nitrogen and oxygen atoms in total. The van der Waals surface area contributed by atoms with Crippen LogP contribution in [0.3, 0.4) is 0 Å². The number of halogens is 4. The zero-order valence-corrected chi connectivity index (χ0v) is 13.1. The molecule has 0 radical (unpaired) electrons. The second-order valence-corrected chi connectivity index (χ2v) is 7.38. The Morgan fingerprint density at radius 1 is 1.48 bits per heavy atom. The number of hydrogen-bond acceptors (Lipinski definition) is 4. The van der Waals surface area contributed by atoms with Gasteiger partial charge in [-0.05, 0) is 28.8 Å². The topological polar surface area (TPSA) is 70.8 Å². The maximum Gasteiger partial charge on any atom is 0.393 e. The molecular formula is C11H13BrF3NO4S. The van der Waals surface area contributed by atoms with E-state index in [0.29, 0.717) is 0 Å². The fourth-order valence-electron chi connectivity index (χ4n) is 2.22. The number of sulfonamides is 1. The van der Waals surface area contributed by atoms with Gasteiger partial charge >= 0.3 is 6.18 Å². The second-order valence-electron chi connectivity index (χ2n) is 4.75. The van der Waals surface area contributed by atoms with Gasteiger partial charge in [0.25, 0.3) is 0 Å². The zero-order valence-electron chi connectivity index (χ0n) is 10.7. The van der Waals surface area contributed by atoms with Gasteiger partial charge < -0.3 is 9.52 Å². The third-order valence-electron chi connectivity index (χ3n) is 3.33. The van der Waals surface area contributed by atoms with Gasteiger partial charge in [0, 0.05) is 19.2 Å². The fraction of sp³-hybridized carbons (Fsp3) is 0.636. The van der Waals surface area contributed by atoms with Gasteiger partial charge in [-0.1, -0.05) is 0 Å². The maximum absolute atomic E-state index is 12.8. The average Bonchev–Trinajstić information content (AvgIpc) is 2.80. The third kappa shape index (κ3) is 3.43. The van der Waals surface area contributed by atoms with Crippen molar-refractivity contribution in [3.05, 3.63) is 16.5 Å². The monoisotopic (exact) mass is 391 g/mol. The number of nitrogens with zero attached hydrogens (tertiary/aromatic N) is 1. The van der Waals surface area contributed by atoms with E-state index in [0.717, 1.165) is 10.4 Å². The SMILES string of the molecule is O=S(=O)(c1cc(CO)oc1Br)N1CCCC(C(F)(F)F)C1. The Hall–Kier alpha value is -0.580. The average molecular weight is 392 g/mol. The minimum Gasteiger partial charge on any atom is -0.450 e. The molecule has 10 heteroatoms. The Labute approximate surface area is 127 Å². The smallest absolute Gasteiger partial charge is 0.393 e. The number of piperidine rings is 1. The van der Waals surface area contributed by atoms with Gasteiger partial charge in [0.15, 0.2) is 4.67 Å². The summed E-state index contributed by atoms with van der Waals surface area (Å²) < 4.78 is 68.7. The molecule has 120 valence electrons. The number of aliphatic hydroxyl groups excluding tert-OH is 1. The summed E-state index contributed by atoms with van der Waals surface area (Å²) >= 11 is 2.91. The summed E-state index contributed by atoms with van der Waals surface area (Å²) in [6, 6.07) is 1.11. The molecule has 1 atom stereocenters. The predicted octanol–water partition coefficient (Wildman–Crippen LogP) is 2.50. The summed E-state index contributed by atoms with van der Waals surface area (Å²) in [6.07, 6.45) is -4.35. The van der Waals surface area contributed by atoms with Gasteiger partial charge in [-0.15, -0.1) is 0 Å². The van der Waals surface area contributed by atoms with Gasteiger partial charge in [-0.3, -0.25) is 0 Å². The lowest BCUT2D eigenvalue weighted by Crippen LogP contribution is -2.44. The fourth-order valence-corrected chi connectivity index (χ4v) is 4.70. The van der Waals surface area contributed by atoms with Crippen molar-refractivity contribution in [2.75, 3.05) is 13.1 Å². The van der Waals surface area contributed by atoms with E-state index in [1.54, 1.807) is 0 Å². The lowest BCUT2D eigenvalue weighted by Gasteiger charge is -2.32. The summed E-state index contributed by atoms with van der Waals surface area (Å²) in [7, 11) is -4.09. The Bertz CT molecular complexity index is 613. The first kappa shape index (κ1) is 16.8. The molecule has 1 aromatic heterocycles. The molecule has 0 saturated carbocycles. The van der Waals surface area contributed by atoms with Crippen LogP contribution in [-0.4, -0.2) is 37.1 Å². The normalized spacial score (nSPS) is 21.7. The number of furan rings is 1. The highest BCUT2D eigenvalue weighted by atomic mass is 79.9. The molecule has 1 N–H and O–H groups in total. The molecule has 0 bridgehead atoms. The third-order valence-corrected chi connectivity index (χ3v) is 6.05. The highest BCUT2D eigenvalue weighted by Crippen LogP contribution is 2.36. The van der Waals surface area contributed by atoms with Crippen LogP contribution >= 0.6 is 15.9 Å². The molecule has 21 heavy (non-hydrogen) atoms. The Morgan fingerprint density at radius 2 is 2.14 bits per heavy atom. The first-order valence-electron chi connectivity index (χ1n) is 6.12. The predicted molar refractivity (Wildman–Crippen MR) is 69.9 cm³/mol. The molecule has 1 aliphatic rings. The van der Waals surface area contributed by atoms with Crippen molar-refractivity contribution in [1.82, 2.24) is 4.31 Å². The molecule has 0 amide bonds. The number of hydrogen-bond donors (Lipinski definition) is 1. The van der Waals surface area contributed by atoms with E-state index in [-0.39, 0.29) is 34.7 Å². The van der Waals surface area contributed by atoms with Crippen molar-refractivity contribution in [2.24, 2.45) is 5.92 Å². The van der Waals surface area contributed by atoms with Crippen LogP contribution in [0.1, 0.15) is 18.6 Å². The van der Waals surface area contributed by atoms with Crippen molar-refractivity contribution >= 4 is 26.0 Å². The largest absolute Gasteiger partial charge is 0.450 e. The van der Waals surface area contributed by atoms with E-state index in [4.69, 9.17) is 9.52 Å². The van der Waals surface area contributed by atoms with E-state index in [1.165, 1.54) is 0 Å². The van der Waals surface area contributed by atoms with Crippen LogP contribution in [0.2, 0.25) is 0 Å². The number of aliphatic hydroxyl groups is 1. The number of rotatable bonds is 3. The number of alkyl halides is 3. The van der Waals surface area contributed by atoms with Gasteiger partial charge in [0.05, 0.1) is 5.92 Å². The molecule has 1 unspecified atom stereocenters. The first-order valence-corrected chi connectivity index (χ1v) is 8.35. The molecule has 1 saturated heterocycles. The first-order chi connectivity index (χ1) is 9.66. The Kier molecular flexibility index (Phi) is 4.72. The van der Waals surface area contributed by atoms with Crippen LogP contribution in [0.25, 0.3) is 0 Å². The maximum atomic E-state index is 12.8. The van der Waals surface area contributed by atoms with E-state index in [1.807, 2.05) is 0 Å². The summed E-state index contributed by atoms with van der Waals surface area (Å²) in [5.41, 5.74) is 0. The van der Waals surface area contributed by atoms with Crippen molar-refractivity contribution in [2.45, 2.75) is 30.5 Å². The molecule has 0 aliphatic carbocycles. The molecule has 1 aromatic rings. The summed E-state index contributed by atoms with van der Waals surface area (Å²) in [4.78, 5) is -0.269. The Balaban J connectivity index is 2.28. The molecule has 2 rings (SSSR count). The molecular weight excluding hydrogens is 379 g/mol. The standard InChI is InChI=1S/C11H13BrF3NO4S/c12-10-9(4-8(6-17)20-10)21(18,19)16-3-1-2-7(5-16)11(13,14)15/h4,7,17H,1-3,5-6H2.